The minimum absolute atomic E-state index is 0.0985. The molecule has 0 bridgehead atoms. The highest BCUT2D eigenvalue weighted by atomic mass is 16.3. The van der Waals surface area contributed by atoms with Crippen LogP contribution in [-0.2, 0) is 6.42 Å². The monoisotopic (exact) mass is 204 g/mol. The molecular weight excluding hydrogens is 188 g/mol. The lowest BCUT2D eigenvalue weighted by Gasteiger charge is -2.18. The Hall–Kier alpha value is -1.12. The van der Waals surface area contributed by atoms with Crippen LogP contribution in [0.15, 0.2) is 36.4 Å². The van der Waals surface area contributed by atoms with E-state index in [0.29, 0.717) is 0 Å². The molecule has 2 nitrogen and oxygen atoms in total. The number of allylic oxidation sites excluding steroid dienone is 1. The van der Waals surface area contributed by atoms with E-state index in [0.717, 1.165) is 17.5 Å². The van der Waals surface area contributed by atoms with Crippen LogP contribution < -0.4 is 0 Å². The zero-order valence-electron chi connectivity index (χ0n) is 8.80. The highest BCUT2D eigenvalue weighted by Gasteiger charge is 2.34. The zero-order valence-corrected chi connectivity index (χ0v) is 8.80. The largest absolute Gasteiger partial charge is 0.389 e. The summed E-state index contributed by atoms with van der Waals surface area (Å²) in [5, 5.41) is 19.9. The summed E-state index contributed by atoms with van der Waals surface area (Å²) in [6.45, 7) is 1.87. The van der Waals surface area contributed by atoms with Crippen LogP contribution in [0, 0.1) is 5.92 Å². The maximum atomic E-state index is 10.0. The van der Waals surface area contributed by atoms with Crippen molar-refractivity contribution in [2.75, 3.05) is 0 Å². The summed E-state index contributed by atoms with van der Waals surface area (Å²) in [5.74, 6) is -0.0985. The van der Waals surface area contributed by atoms with Crippen molar-refractivity contribution in [3.63, 3.8) is 0 Å². The molecule has 3 atom stereocenters. The normalized spacial score (nSPS) is 26.9. The SMILES string of the molecule is C/C=C/C(O)C1Cc2ccccc2C1O. The van der Waals surface area contributed by atoms with Crippen LogP contribution in [0.5, 0.6) is 0 Å². The lowest BCUT2D eigenvalue weighted by atomic mass is 9.96. The molecule has 0 saturated carbocycles. The topological polar surface area (TPSA) is 40.5 Å². The van der Waals surface area contributed by atoms with Crippen molar-refractivity contribution >= 4 is 0 Å². The van der Waals surface area contributed by atoms with Crippen molar-refractivity contribution < 1.29 is 10.2 Å². The Morgan fingerprint density at radius 1 is 1.40 bits per heavy atom. The van der Waals surface area contributed by atoms with E-state index in [1.165, 1.54) is 0 Å². The summed E-state index contributed by atoms with van der Waals surface area (Å²) in [5.41, 5.74) is 2.12. The van der Waals surface area contributed by atoms with Gasteiger partial charge in [0.1, 0.15) is 0 Å². The Kier molecular flexibility index (Phi) is 2.89. The molecule has 0 aromatic heterocycles. The summed E-state index contributed by atoms with van der Waals surface area (Å²) < 4.78 is 0. The number of hydrogen-bond acceptors (Lipinski definition) is 2. The quantitative estimate of drug-likeness (QED) is 0.721. The molecule has 3 unspecified atom stereocenters. The van der Waals surface area contributed by atoms with Crippen LogP contribution in [0.4, 0.5) is 0 Å². The lowest BCUT2D eigenvalue weighted by molar-refractivity contribution is 0.0466. The fraction of sp³-hybridized carbons (Fsp3) is 0.385. The van der Waals surface area contributed by atoms with E-state index in [-0.39, 0.29) is 5.92 Å². The molecule has 1 aliphatic carbocycles. The third-order valence-corrected chi connectivity index (χ3v) is 3.06. The average Bonchev–Trinajstić information content (AvgIpc) is 2.57. The maximum Gasteiger partial charge on any atom is 0.0851 e. The van der Waals surface area contributed by atoms with Gasteiger partial charge in [0.05, 0.1) is 12.2 Å². The Balaban J connectivity index is 2.23. The Morgan fingerprint density at radius 3 is 2.80 bits per heavy atom. The standard InChI is InChI=1S/C13H16O2/c1-2-5-12(14)11-8-9-6-3-4-7-10(9)13(11)15/h2-7,11-15H,8H2,1H3/b5-2+. The van der Waals surface area contributed by atoms with Crippen molar-refractivity contribution in [3.05, 3.63) is 47.5 Å². The molecule has 0 saturated heterocycles. The van der Waals surface area contributed by atoms with E-state index in [1.807, 2.05) is 37.3 Å². The molecule has 0 aliphatic heterocycles. The summed E-state index contributed by atoms with van der Waals surface area (Å²) in [4.78, 5) is 0. The van der Waals surface area contributed by atoms with Gasteiger partial charge in [0, 0.05) is 5.92 Å². The molecule has 2 rings (SSSR count). The molecule has 0 fully saturated rings. The fourth-order valence-electron chi connectivity index (χ4n) is 2.25. The van der Waals surface area contributed by atoms with Crippen LogP contribution in [-0.4, -0.2) is 16.3 Å². The van der Waals surface area contributed by atoms with Gasteiger partial charge >= 0.3 is 0 Å². The lowest BCUT2D eigenvalue weighted by Crippen LogP contribution is -2.22. The number of rotatable bonds is 2. The van der Waals surface area contributed by atoms with Gasteiger partial charge in [-0.1, -0.05) is 36.4 Å². The van der Waals surface area contributed by atoms with Gasteiger partial charge in [-0.3, -0.25) is 0 Å². The summed E-state index contributed by atoms with van der Waals surface area (Å²) >= 11 is 0. The minimum Gasteiger partial charge on any atom is -0.389 e. The van der Waals surface area contributed by atoms with E-state index in [4.69, 9.17) is 0 Å². The second-order valence-electron chi connectivity index (χ2n) is 4.03. The van der Waals surface area contributed by atoms with Gasteiger partial charge in [-0.15, -0.1) is 0 Å². The molecule has 15 heavy (non-hydrogen) atoms. The van der Waals surface area contributed by atoms with Crippen LogP contribution in [0.1, 0.15) is 24.2 Å². The second kappa shape index (κ2) is 4.17. The minimum atomic E-state index is -0.558. The smallest absolute Gasteiger partial charge is 0.0851 e. The molecule has 1 aliphatic rings. The molecular formula is C13H16O2. The molecule has 1 aromatic rings. The Morgan fingerprint density at radius 2 is 2.13 bits per heavy atom. The first-order chi connectivity index (χ1) is 7.24. The molecule has 0 amide bonds. The molecule has 0 spiro atoms. The predicted molar refractivity (Wildman–Crippen MR) is 59.4 cm³/mol. The second-order valence-corrected chi connectivity index (χ2v) is 4.03. The highest BCUT2D eigenvalue weighted by molar-refractivity contribution is 5.35. The number of hydrogen-bond donors (Lipinski definition) is 2. The number of aliphatic hydroxyl groups excluding tert-OH is 2. The van der Waals surface area contributed by atoms with Gasteiger partial charge in [0.25, 0.3) is 0 Å². The van der Waals surface area contributed by atoms with Crippen LogP contribution >= 0.6 is 0 Å². The van der Waals surface area contributed by atoms with Gasteiger partial charge in [0.15, 0.2) is 0 Å². The molecule has 0 radical (unpaired) electrons. The van der Waals surface area contributed by atoms with E-state index in [9.17, 15) is 10.2 Å². The summed E-state index contributed by atoms with van der Waals surface area (Å²) in [7, 11) is 0. The van der Waals surface area contributed by atoms with Gasteiger partial charge in [-0.2, -0.15) is 0 Å². The van der Waals surface area contributed by atoms with Gasteiger partial charge in [0.2, 0.25) is 0 Å². The van der Waals surface area contributed by atoms with Gasteiger partial charge in [-0.05, 0) is 24.5 Å². The van der Waals surface area contributed by atoms with E-state index in [1.54, 1.807) is 6.08 Å². The van der Waals surface area contributed by atoms with Crippen molar-refractivity contribution in [2.45, 2.75) is 25.6 Å². The maximum absolute atomic E-state index is 10.0. The van der Waals surface area contributed by atoms with Gasteiger partial charge in [-0.25, -0.2) is 0 Å². The van der Waals surface area contributed by atoms with E-state index in [2.05, 4.69) is 0 Å². The summed E-state index contributed by atoms with van der Waals surface area (Å²) in [6.07, 6.45) is 3.22. The Bertz CT molecular complexity index is 371. The molecule has 80 valence electrons. The van der Waals surface area contributed by atoms with Crippen LogP contribution in [0.25, 0.3) is 0 Å². The fourth-order valence-corrected chi connectivity index (χ4v) is 2.25. The third-order valence-electron chi connectivity index (χ3n) is 3.06. The van der Waals surface area contributed by atoms with Crippen LogP contribution in [0.3, 0.4) is 0 Å². The summed E-state index contributed by atoms with van der Waals surface area (Å²) in [6, 6.07) is 7.84. The first-order valence-corrected chi connectivity index (χ1v) is 5.30. The first kappa shape index (κ1) is 10.4. The van der Waals surface area contributed by atoms with E-state index < -0.39 is 12.2 Å². The predicted octanol–water partition coefficient (Wildman–Crippen LogP) is 1.83. The average molecular weight is 204 g/mol. The molecule has 2 heteroatoms. The zero-order chi connectivity index (χ0) is 10.8. The number of benzene rings is 1. The Labute approximate surface area is 89.9 Å². The van der Waals surface area contributed by atoms with Crippen molar-refractivity contribution in [1.29, 1.82) is 0 Å². The molecule has 1 aromatic carbocycles. The first-order valence-electron chi connectivity index (χ1n) is 5.30. The molecule has 0 heterocycles. The third kappa shape index (κ3) is 1.83. The van der Waals surface area contributed by atoms with Gasteiger partial charge < -0.3 is 10.2 Å². The highest BCUT2D eigenvalue weighted by Crippen LogP contribution is 2.37. The molecule has 2 N–H and O–H groups in total. The van der Waals surface area contributed by atoms with Crippen molar-refractivity contribution in [1.82, 2.24) is 0 Å². The van der Waals surface area contributed by atoms with Crippen molar-refractivity contribution in [3.8, 4) is 0 Å². The number of aliphatic hydroxyl groups is 2. The van der Waals surface area contributed by atoms with Crippen molar-refractivity contribution in [2.24, 2.45) is 5.92 Å². The number of fused-ring (bicyclic) bond motifs is 1. The van der Waals surface area contributed by atoms with Crippen LogP contribution in [0.2, 0.25) is 0 Å². The van der Waals surface area contributed by atoms with E-state index >= 15 is 0 Å².